The molecule has 6 rings (SSSR count). The second kappa shape index (κ2) is 8.37. The number of methoxy groups -OCH3 is 1. The van der Waals surface area contributed by atoms with Gasteiger partial charge in [0.05, 0.1) is 28.0 Å². The summed E-state index contributed by atoms with van der Waals surface area (Å²) in [7, 11) is 1.12. The number of nitrogens with one attached hydrogen (secondary N) is 1. The number of aliphatic hydroxyl groups is 2. The van der Waals surface area contributed by atoms with Crippen LogP contribution in [0, 0.1) is 10.4 Å². The molecule has 1 aromatic heterocycles. The maximum atomic E-state index is 13.8. The van der Waals surface area contributed by atoms with Crippen molar-refractivity contribution < 1.29 is 20.1 Å². The van der Waals surface area contributed by atoms with Gasteiger partial charge in [-0.1, -0.05) is 30.0 Å². The molecule has 40 heavy (non-hydrogen) atoms. The Morgan fingerprint density at radius 3 is 2.25 bits per heavy atom. The minimum atomic E-state index is -1.99. The molecule has 4 aliphatic rings. The molecule has 2 aromatic rings. The van der Waals surface area contributed by atoms with Gasteiger partial charge < -0.3 is 25.0 Å². The molecule has 0 aliphatic heterocycles. The summed E-state index contributed by atoms with van der Waals surface area (Å²) < 4.78 is 4.88. The van der Waals surface area contributed by atoms with E-state index in [2.05, 4.69) is 4.98 Å². The van der Waals surface area contributed by atoms with Gasteiger partial charge >= 0.3 is 0 Å². The number of aromatic amines is 1. The molecule has 1 unspecified atom stereocenters. The molecular formula is C30H20NO9-. The number of ether oxygens (including phenoxy) is 1. The highest BCUT2D eigenvalue weighted by Crippen LogP contribution is 2.53. The van der Waals surface area contributed by atoms with Crippen molar-refractivity contribution in [3.05, 3.63) is 125 Å². The molecular weight excluding hydrogens is 518 g/mol. The molecule has 0 bridgehead atoms. The van der Waals surface area contributed by atoms with Gasteiger partial charge in [0, 0.05) is 17.1 Å². The van der Waals surface area contributed by atoms with Crippen molar-refractivity contribution in [1.29, 1.82) is 0 Å². The number of aromatic nitrogens is 1. The van der Waals surface area contributed by atoms with Crippen LogP contribution in [-0.4, -0.2) is 22.3 Å². The monoisotopic (exact) mass is 538 g/mol. The van der Waals surface area contributed by atoms with E-state index in [1.54, 1.807) is 36.4 Å². The van der Waals surface area contributed by atoms with Crippen LogP contribution in [-0.2, 0) is 11.8 Å². The molecule has 0 amide bonds. The summed E-state index contributed by atoms with van der Waals surface area (Å²) in [6, 6.07) is 4.01. The van der Waals surface area contributed by atoms with E-state index in [4.69, 9.17) is 4.74 Å². The molecule has 0 saturated heterocycles. The van der Waals surface area contributed by atoms with Gasteiger partial charge in [0.25, 0.3) is 5.56 Å². The van der Waals surface area contributed by atoms with Crippen LogP contribution >= 0.6 is 0 Å². The lowest BCUT2D eigenvalue weighted by atomic mass is 9.78. The minimum Gasteiger partial charge on any atom is -0.872 e. The fraction of sp³-hybridized carbons (Fsp3) is 0.167. The summed E-state index contributed by atoms with van der Waals surface area (Å²) in [5, 5.41) is 34.1. The number of aryl methyl sites for hydroxylation is 1. The third-order valence-electron chi connectivity index (χ3n) is 7.83. The Labute approximate surface area is 222 Å². The van der Waals surface area contributed by atoms with Gasteiger partial charge in [-0.2, -0.15) is 0 Å². The minimum absolute atomic E-state index is 0.0980. The van der Waals surface area contributed by atoms with E-state index < -0.39 is 76.6 Å². The first-order valence-corrected chi connectivity index (χ1v) is 12.3. The van der Waals surface area contributed by atoms with Crippen molar-refractivity contribution in [3.8, 4) is 11.5 Å². The molecule has 1 heterocycles. The largest absolute Gasteiger partial charge is 0.872 e. The normalized spacial score (nSPS) is 18.1. The van der Waals surface area contributed by atoms with Crippen molar-refractivity contribution in [1.82, 2.24) is 4.98 Å². The van der Waals surface area contributed by atoms with Crippen molar-refractivity contribution in [2.75, 3.05) is 7.11 Å². The van der Waals surface area contributed by atoms with Crippen molar-refractivity contribution in [2.24, 2.45) is 0 Å². The molecule has 1 atom stereocenters. The summed E-state index contributed by atoms with van der Waals surface area (Å²) in [6.07, 6.45) is 7.01. The van der Waals surface area contributed by atoms with E-state index in [1.807, 2.05) is 6.92 Å². The van der Waals surface area contributed by atoms with Gasteiger partial charge in [-0.3, -0.25) is 24.0 Å². The predicted octanol–water partition coefficient (Wildman–Crippen LogP) is -0.529. The zero-order valence-corrected chi connectivity index (χ0v) is 21.2. The summed E-state index contributed by atoms with van der Waals surface area (Å²) in [4.78, 5) is 68.2. The average molecular weight is 538 g/mol. The second-order valence-corrected chi connectivity index (χ2v) is 9.81. The van der Waals surface area contributed by atoms with Gasteiger partial charge in [0.15, 0.2) is 11.2 Å². The Balaban J connectivity index is 1.75. The number of fused-ring (bicyclic) bond motifs is 4. The molecule has 10 heteroatoms. The SMILES string of the molecule is C/C=C/C=C/c1cc2cc3c(c([O-])c2c(=O)[nH]1)C1(CC3)C(O)=c2c(=O)c3c(=O)cc(OC)c(=O)c=3c(=O)c2=C1O. The summed E-state index contributed by atoms with van der Waals surface area (Å²) in [5.41, 5.74) is -6.18. The zero-order chi connectivity index (χ0) is 28.7. The number of H-pyrrole nitrogens is 1. The van der Waals surface area contributed by atoms with Gasteiger partial charge in [0.1, 0.15) is 16.9 Å². The second-order valence-electron chi connectivity index (χ2n) is 9.81. The molecule has 200 valence electrons. The quantitative estimate of drug-likeness (QED) is 0.290. The fourth-order valence-corrected chi connectivity index (χ4v) is 6.10. The maximum Gasteiger partial charge on any atom is 0.255 e. The highest BCUT2D eigenvalue weighted by molar-refractivity contribution is 5.94. The van der Waals surface area contributed by atoms with E-state index in [9.17, 15) is 39.3 Å². The van der Waals surface area contributed by atoms with Crippen LogP contribution in [0.25, 0.3) is 28.4 Å². The van der Waals surface area contributed by atoms with Crippen LogP contribution in [0.2, 0.25) is 0 Å². The summed E-state index contributed by atoms with van der Waals surface area (Å²) in [6.45, 7) is 1.83. The summed E-state index contributed by atoms with van der Waals surface area (Å²) >= 11 is 0. The smallest absolute Gasteiger partial charge is 0.255 e. The molecule has 3 N–H and O–H groups in total. The molecule has 1 aromatic carbocycles. The zero-order valence-electron chi connectivity index (χ0n) is 21.2. The predicted molar refractivity (Wildman–Crippen MR) is 145 cm³/mol. The lowest BCUT2D eigenvalue weighted by Gasteiger charge is -2.30. The molecule has 10 nitrogen and oxygen atoms in total. The first kappa shape index (κ1) is 25.1. The van der Waals surface area contributed by atoms with Crippen molar-refractivity contribution in [2.45, 2.75) is 25.2 Å². The van der Waals surface area contributed by atoms with Crippen LogP contribution in [0.1, 0.15) is 30.2 Å². The highest BCUT2D eigenvalue weighted by Gasteiger charge is 2.51. The van der Waals surface area contributed by atoms with E-state index in [0.29, 0.717) is 16.6 Å². The number of benzene rings is 1. The fourth-order valence-electron chi connectivity index (χ4n) is 6.10. The van der Waals surface area contributed by atoms with Crippen LogP contribution in [0.4, 0.5) is 0 Å². The Morgan fingerprint density at radius 2 is 1.60 bits per heavy atom. The van der Waals surface area contributed by atoms with E-state index >= 15 is 0 Å². The topological polar surface area (TPSA) is 174 Å². The molecule has 4 aliphatic carbocycles. The number of pyridine rings is 1. The number of hydrogen-bond donors (Lipinski definition) is 3. The number of rotatable bonds is 3. The van der Waals surface area contributed by atoms with Gasteiger partial charge in [0.2, 0.25) is 16.3 Å². The van der Waals surface area contributed by atoms with Gasteiger partial charge in [-0.25, -0.2) is 0 Å². The van der Waals surface area contributed by atoms with Gasteiger partial charge in [-0.15, -0.1) is 0 Å². The Bertz CT molecular complexity index is 2360. The molecule has 0 radical (unpaired) electrons. The van der Waals surface area contributed by atoms with Crippen molar-refractivity contribution in [3.63, 3.8) is 0 Å². The third kappa shape index (κ3) is 2.95. The highest BCUT2D eigenvalue weighted by atomic mass is 16.5. The first-order valence-electron chi connectivity index (χ1n) is 12.3. The number of allylic oxidation sites excluding steroid dienone is 3. The molecule has 1 spiro atoms. The Hall–Kier alpha value is -5.25. The summed E-state index contributed by atoms with van der Waals surface area (Å²) in [5.74, 6) is -2.78. The standard InChI is InChI=1S/C30H21NO9/c1-3-4-5-6-14-10-13-9-12-7-8-30(22(12)26(36)17(13)29(39)31-14)27(37)20-21(28(30)38)25(35)19-18(24(20)34)15(32)11-16(40-2)23(19)33/h3-6,9-11,36-38H,7-8H2,1-2H3,(H,31,39)/p-1/b4-3+,6-5+. The van der Waals surface area contributed by atoms with Gasteiger partial charge in [-0.05, 0) is 48.4 Å². The lowest BCUT2D eigenvalue weighted by molar-refractivity contribution is -0.267. The number of hydrogen-bond acceptors (Lipinski definition) is 9. The van der Waals surface area contributed by atoms with E-state index in [0.717, 1.165) is 13.2 Å². The van der Waals surface area contributed by atoms with Crippen LogP contribution in [0.15, 0.2) is 60.4 Å². The lowest BCUT2D eigenvalue weighted by Crippen LogP contribution is -2.51. The van der Waals surface area contributed by atoms with Crippen LogP contribution in [0.3, 0.4) is 0 Å². The maximum absolute atomic E-state index is 13.8. The van der Waals surface area contributed by atoms with Crippen molar-refractivity contribution >= 4 is 28.4 Å². The van der Waals surface area contributed by atoms with E-state index in [1.165, 1.54) is 0 Å². The Morgan fingerprint density at radius 1 is 0.925 bits per heavy atom. The van der Waals surface area contributed by atoms with E-state index in [-0.39, 0.29) is 23.8 Å². The molecule has 0 saturated carbocycles. The third-order valence-corrected chi connectivity index (χ3v) is 7.83. The number of aliphatic hydroxyl groups excluding tert-OH is 2. The van der Waals surface area contributed by atoms with Crippen LogP contribution in [0.5, 0.6) is 11.5 Å². The first-order chi connectivity index (χ1) is 19.1. The average Bonchev–Trinajstić information content (AvgIpc) is 3.40. The van der Waals surface area contributed by atoms with Crippen LogP contribution < -0.4 is 47.6 Å². The Kier molecular flexibility index (Phi) is 5.24. The molecule has 0 fully saturated rings.